The summed E-state index contributed by atoms with van der Waals surface area (Å²) in [6, 6.07) is 20.5. The van der Waals surface area contributed by atoms with Crippen LogP contribution >= 0.6 is 0 Å². The number of para-hydroxylation sites is 2. The van der Waals surface area contributed by atoms with Crippen LogP contribution in [-0.2, 0) is 30.9 Å². The molecular weight excluding hydrogens is 484 g/mol. The zero-order chi connectivity index (χ0) is 25.7. The average molecular weight is 511 g/mol. The van der Waals surface area contributed by atoms with Gasteiger partial charge >= 0.3 is 5.97 Å². The maximum atomic E-state index is 13.0. The molecule has 1 amide bonds. The third-order valence-corrected chi connectivity index (χ3v) is 7.05. The van der Waals surface area contributed by atoms with Crippen molar-refractivity contribution in [2.45, 2.75) is 24.5 Å². The molecule has 0 saturated carbocycles. The Kier molecular flexibility index (Phi) is 7.56. The number of nitrogens with one attached hydrogen (secondary N) is 1. The number of esters is 1. The predicted octanol–water partition coefficient (Wildman–Crippen LogP) is 2.82. The number of anilines is 1. The number of methoxy groups -OCH3 is 1. The van der Waals surface area contributed by atoms with Crippen molar-refractivity contribution in [3.05, 3.63) is 83.9 Å². The molecule has 0 aromatic heterocycles. The van der Waals surface area contributed by atoms with Gasteiger partial charge in [-0.1, -0.05) is 42.5 Å². The van der Waals surface area contributed by atoms with E-state index in [0.29, 0.717) is 22.7 Å². The molecular formula is C26H26N2O7S. The normalized spacial score (nSPS) is 14.9. The van der Waals surface area contributed by atoms with Crippen LogP contribution in [0.3, 0.4) is 0 Å². The van der Waals surface area contributed by atoms with Crippen molar-refractivity contribution in [3.8, 4) is 11.5 Å². The number of amides is 1. The lowest BCUT2D eigenvalue weighted by atomic mass is 10.2. The van der Waals surface area contributed by atoms with Crippen molar-refractivity contribution < 1.29 is 32.2 Å². The Morgan fingerprint density at radius 1 is 1.06 bits per heavy atom. The van der Waals surface area contributed by atoms with Gasteiger partial charge < -0.3 is 19.1 Å². The third-order valence-electron chi connectivity index (χ3n) is 5.66. The van der Waals surface area contributed by atoms with Crippen LogP contribution in [-0.4, -0.2) is 46.7 Å². The lowest BCUT2D eigenvalue weighted by molar-refractivity contribution is -0.148. The summed E-state index contributed by atoms with van der Waals surface area (Å²) in [5, 5.41) is 0. The largest absolute Gasteiger partial charge is 0.483 e. The number of nitrogens with zero attached hydrogens (tertiary/aromatic N) is 1. The summed E-state index contributed by atoms with van der Waals surface area (Å²) in [5.41, 5.74) is 1.92. The van der Waals surface area contributed by atoms with E-state index in [1.54, 1.807) is 31.2 Å². The Morgan fingerprint density at radius 3 is 2.50 bits per heavy atom. The van der Waals surface area contributed by atoms with Gasteiger partial charge in [0.15, 0.2) is 6.61 Å². The quantitative estimate of drug-likeness (QED) is 0.464. The van der Waals surface area contributed by atoms with E-state index < -0.39 is 22.1 Å². The molecule has 9 nitrogen and oxygen atoms in total. The lowest BCUT2D eigenvalue weighted by Gasteiger charge is -2.33. The SMILES string of the molecule is COC(=O)C1CN(C(=O)COc2ccc(S(=O)(=O)NCc3ccccc3)cc2C)c2ccccc2O1. The third kappa shape index (κ3) is 5.67. The second-order valence-electron chi connectivity index (χ2n) is 8.13. The fourth-order valence-electron chi connectivity index (χ4n) is 3.75. The van der Waals surface area contributed by atoms with Gasteiger partial charge in [-0.05, 0) is 48.4 Å². The van der Waals surface area contributed by atoms with E-state index in [-0.39, 0.29) is 30.5 Å². The topological polar surface area (TPSA) is 111 Å². The summed E-state index contributed by atoms with van der Waals surface area (Å²) in [7, 11) is -2.48. The number of rotatable bonds is 8. The number of benzene rings is 3. The van der Waals surface area contributed by atoms with E-state index in [1.807, 2.05) is 30.3 Å². The van der Waals surface area contributed by atoms with Gasteiger partial charge in [0.05, 0.1) is 24.2 Å². The minimum Gasteiger partial charge on any atom is -0.483 e. The number of aryl methyl sites for hydroxylation is 1. The molecule has 1 atom stereocenters. The van der Waals surface area contributed by atoms with Crippen LogP contribution in [0.1, 0.15) is 11.1 Å². The maximum Gasteiger partial charge on any atom is 0.348 e. The van der Waals surface area contributed by atoms with Crippen molar-refractivity contribution in [3.63, 3.8) is 0 Å². The number of fused-ring (bicyclic) bond motifs is 1. The fraction of sp³-hybridized carbons (Fsp3) is 0.231. The molecule has 1 heterocycles. The van der Waals surface area contributed by atoms with Crippen molar-refractivity contribution in [2.75, 3.05) is 25.2 Å². The summed E-state index contributed by atoms with van der Waals surface area (Å²) in [6.07, 6.45) is -0.955. The molecule has 3 aromatic rings. The monoisotopic (exact) mass is 510 g/mol. The van der Waals surface area contributed by atoms with Crippen molar-refractivity contribution in [1.29, 1.82) is 0 Å². The second-order valence-corrected chi connectivity index (χ2v) is 9.89. The van der Waals surface area contributed by atoms with E-state index in [1.165, 1.54) is 30.2 Å². The van der Waals surface area contributed by atoms with E-state index in [2.05, 4.69) is 4.72 Å². The molecule has 0 fully saturated rings. The molecule has 0 saturated heterocycles. The van der Waals surface area contributed by atoms with Crippen LogP contribution in [0.2, 0.25) is 0 Å². The van der Waals surface area contributed by atoms with Crippen molar-refractivity contribution >= 4 is 27.6 Å². The van der Waals surface area contributed by atoms with Crippen molar-refractivity contribution in [1.82, 2.24) is 4.72 Å². The Morgan fingerprint density at radius 2 is 1.78 bits per heavy atom. The summed E-state index contributed by atoms with van der Waals surface area (Å²) < 4.78 is 44.2. The Hall–Kier alpha value is -3.89. The Labute approximate surface area is 209 Å². The first-order chi connectivity index (χ1) is 17.3. The standard InChI is InChI=1S/C26H26N2O7S/c1-18-14-20(36(31,32)27-15-19-8-4-3-5-9-19)12-13-22(18)34-17-25(29)28-16-24(26(30)33-2)35-23-11-7-6-10-21(23)28/h3-14,24,27H,15-17H2,1-2H3. The van der Waals surface area contributed by atoms with E-state index in [4.69, 9.17) is 14.2 Å². The van der Waals surface area contributed by atoms with Crippen LogP contribution in [0.15, 0.2) is 77.7 Å². The van der Waals surface area contributed by atoms with Gasteiger partial charge in [0.2, 0.25) is 16.1 Å². The smallest absolute Gasteiger partial charge is 0.348 e. The number of sulfonamides is 1. The summed E-state index contributed by atoms with van der Waals surface area (Å²) in [5.74, 6) is -0.213. The number of hydrogen-bond donors (Lipinski definition) is 1. The summed E-state index contributed by atoms with van der Waals surface area (Å²) in [4.78, 5) is 26.6. The van der Waals surface area contributed by atoms with Crippen LogP contribution in [0.4, 0.5) is 5.69 Å². The molecule has 4 rings (SSSR count). The molecule has 1 N–H and O–H groups in total. The Bertz CT molecular complexity index is 1360. The van der Waals surface area contributed by atoms with E-state index >= 15 is 0 Å². The van der Waals surface area contributed by atoms with Gasteiger partial charge in [0.1, 0.15) is 11.5 Å². The molecule has 0 bridgehead atoms. The van der Waals surface area contributed by atoms with Gasteiger partial charge in [-0.25, -0.2) is 17.9 Å². The number of ether oxygens (including phenoxy) is 3. The number of hydrogen-bond acceptors (Lipinski definition) is 7. The first kappa shape index (κ1) is 25.2. The van der Waals surface area contributed by atoms with Gasteiger partial charge in [-0.3, -0.25) is 4.79 Å². The second kappa shape index (κ2) is 10.8. The first-order valence-electron chi connectivity index (χ1n) is 11.2. The molecule has 1 aliphatic rings. The van der Waals surface area contributed by atoms with Crippen LogP contribution in [0, 0.1) is 6.92 Å². The molecule has 1 unspecified atom stereocenters. The molecule has 36 heavy (non-hydrogen) atoms. The van der Waals surface area contributed by atoms with Gasteiger partial charge in [0.25, 0.3) is 5.91 Å². The van der Waals surface area contributed by atoms with Gasteiger partial charge in [0, 0.05) is 6.54 Å². The van der Waals surface area contributed by atoms with Crippen LogP contribution in [0.5, 0.6) is 11.5 Å². The van der Waals surface area contributed by atoms with Gasteiger partial charge in [-0.15, -0.1) is 0 Å². The van der Waals surface area contributed by atoms with Crippen LogP contribution in [0.25, 0.3) is 0 Å². The zero-order valence-corrected chi connectivity index (χ0v) is 20.7. The molecule has 3 aromatic carbocycles. The maximum absolute atomic E-state index is 13.0. The first-order valence-corrected chi connectivity index (χ1v) is 12.7. The highest BCUT2D eigenvalue weighted by molar-refractivity contribution is 7.89. The molecule has 188 valence electrons. The predicted molar refractivity (Wildman–Crippen MR) is 132 cm³/mol. The average Bonchev–Trinajstić information content (AvgIpc) is 2.90. The summed E-state index contributed by atoms with van der Waals surface area (Å²) >= 11 is 0. The molecule has 1 aliphatic heterocycles. The highest BCUT2D eigenvalue weighted by Gasteiger charge is 2.34. The van der Waals surface area contributed by atoms with Crippen molar-refractivity contribution in [2.24, 2.45) is 0 Å². The number of carbonyl (C=O) groups is 2. The summed E-state index contributed by atoms with van der Waals surface area (Å²) in [6.45, 7) is 1.53. The molecule has 0 spiro atoms. The Balaban J connectivity index is 1.43. The minimum absolute atomic E-state index is 0.0187. The lowest BCUT2D eigenvalue weighted by Crippen LogP contribution is -2.48. The fourth-order valence-corrected chi connectivity index (χ4v) is 4.85. The zero-order valence-electron chi connectivity index (χ0n) is 19.8. The molecule has 0 radical (unpaired) electrons. The minimum atomic E-state index is -3.73. The molecule has 10 heteroatoms. The van der Waals surface area contributed by atoms with E-state index in [0.717, 1.165) is 5.56 Å². The molecule has 0 aliphatic carbocycles. The highest BCUT2D eigenvalue weighted by Crippen LogP contribution is 2.33. The number of carbonyl (C=O) groups excluding carboxylic acids is 2. The van der Waals surface area contributed by atoms with Crippen LogP contribution < -0.4 is 19.1 Å². The van der Waals surface area contributed by atoms with E-state index in [9.17, 15) is 18.0 Å². The van der Waals surface area contributed by atoms with Gasteiger partial charge in [-0.2, -0.15) is 0 Å². The highest BCUT2D eigenvalue weighted by atomic mass is 32.2.